The monoisotopic (exact) mass is 436 g/mol. The normalized spacial score (nSPS) is 19.5. The number of nitrogens with zero attached hydrogens (tertiary/aromatic N) is 2. The topological polar surface area (TPSA) is 39.7 Å². The first kappa shape index (κ1) is 19.7. The number of hydrogen-bond acceptors (Lipinski definition) is 3. The molecule has 2 rings (SSSR count). The molecule has 0 spiro atoms. The Kier molecular flexibility index (Phi) is 10.1. The summed E-state index contributed by atoms with van der Waals surface area (Å²) in [7, 11) is 1.84. The molecule has 1 unspecified atom stereocenters. The van der Waals surface area contributed by atoms with Crippen molar-refractivity contribution in [3.8, 4) is 0 Å². The summed E-state index contributed by atoms with van der Waals surface area (Å²) in [6, 6.07) is 5.02. The highest BCUT2D eigenvalue weighted by Gasteiger charge is 2.17. The molecular weight excluding hydrogens is 407 g/mol. The van der Waals surface area contributed by atoms with E-state index in [1.807, 2.05) is 18.4 Å². The Hall–Kier alpha value is -0.340. The molecule has 126 valence electrons. The quantitative estimate of drug-likeness (QED) is 0.409. The summed E-state index contributed by atoms with van der Waals surface area (Å²) in [4.78, 5) is 8.28. The zero-order valence-corrected chi connectivity index (χ0v) is 16.8. The molecule has 0 aromatic carbocycles. The summed E-state index contributed by atoms with van der Waals surface area (Å²) >= 11 is 1.81. The van der Waals surface area contributed by atoms with Gasteiger partial charge in [-0.15, -0.1) is 35.3 Å². The van der Waals surface area contributed by atoms with Gasteiger partial charge in [0.25, 0.3) is 0 Å². The second kappa shape index (κ2) is 11.2. The highest BCUT2D eigenvalue weighted by molar-refractivity contribution is 14.0. The van der Waals surface area contributed by atoms with Gasteiger partial charge in [0.15, 0.2) is 5.96 Å². The van der Waals surface area contributed by atoms with E-state index in [0.717, 1.165) is 38.1 Å². The largest absolute Gasteiger partial charge is 0.356 e. The Morgan fingerprint density at radius 1 is 1.36 bits per heavy atom. The maximum Gasteiger partial charge on any atom is 0.191 e. The van der Waals surface area contributed by atoms with E-state index in [1.165, 1.54) is 30.7 Å². The molecule has 0 radical (unpaired) electrons. The average molecular weight is 436 g/mol. The molecule has 0 bridgehead atoms. The highest BCUT2D eigenvalue weighted by Crippen LogP contribution is 2.15. The molecular formula is C16H29IN4S. The number of hydrogen-bond donors (Lipinski definition) is 2. The van der Waals surface area contributed by atoms with E-state index in [-0.39, 0.29) is 24.0 Å². The first-order chi connectivity index (χ1) is 10.3. The van der Waals surface area contributed by atoms with Crippen molar-refractivity contribution in [2.24, 2.45) is 4.99 Å². The van der Waals surface area contributed by atoms with E-state index in [9.17, 15) is 0 Å². The first-order valence-corrected chi connectivity index (χ1v) is 8.88. The van der Waals surface area contributed by atoms with Crippen LogP contribution in [0.1, 0.15) is 31.1 Å². The highest BCUT2D eigenvalue weighted by atomic mass is 127. The first-order valence-electron chi connectivity index (χ1n) is 8.00. The van der Waals surface area contributed by atoms with Crippen molar-refractivity contribution in [1.82, 2.24) is 15.5 Å². The van der Waals surface area contributed by atoms with Gasteiger partial charge in [-0.1, -0.05) is 12.5 Å². The van der Waals surface area contributed by atoms with Crippen LogP contribution in [0.2, 0.25) is 0 Å². The van der Waals surface area contributed by atoms with E-state index >= 15 is 0 Å². The fraction of sp³-hybridized carbons (Fsp3) is 0.688. The van der Waals surface area contributed by atoms with Crippen LogP contribution >= 0.6 is 35.3 Å². The molecule has 2 N–H and O–H groups in total. The number of piperidine rings is 1. The van der Waals surface area contributed by atoms with Crippen LogP contribution in [0, 0.1) is 0 Å². The number of likely N-dealkylation sites (tertiary alicyclic amines) is 1. The van der Waals surface area contributed by atoms with Crippen LogP contribution in [0.15, 0.2) is 22.5 Å². The number of nitrogens with one attached hydrogen (secondary N) is 2. The molecule has 0 amide bonds. The molecule has 1 aliphatic rings. The lowest BCUT2D eigenvalue weighted by Gasteiger charge is -2.33. The van der Waals surface area contributed by atoms with Crippen LogP contribution < -0.4 is 10.6 Å². The van der Waals surface area contributed by atoms with Crippen molar-refractivity contribution < 1.29 is 0 Å². The number of thiophene rings is 1. The summed E-state index contributed by atoms with van der Waals surface area (Å²) in [6.45, 7) is 6.58. The van der Waals surface area contributed by atoms with Crippen LogP contribution in [-0.4, -0.2) is 50.1 Å². The molecule has 22 heavy (non-hydrogen) atoms. The molecule has 2 heterocycles. The Balaban J connectivity index is 0.00000242. The van der Waals surface area contributed by atoms with Crippen LogP contribution in [0.4, 0.5) is 0 Å². The van der Waals surface area contributed by atoms with E-state index < -0.39 is 0 Å². The summed E-state index contributed by atoms with van der Waals surface area (Å²) in [5.41, 5.74) is 0. The molecule has 0 aliphatic carbocycles. The van der Waals surface area contributed by atoms with Gasteiger partial charge in [0, 0.05) is 37.6 Å². The van der Waals surface area contributed by atoms with Crippen LogP contribution in [0.5, 0.6) is 0 Å². The Labute approximate surface area is 155 Å². The van der Waals surface area contributed by atoms with Gasteiger partial charge in [-0.05, 0) is 44.2 Å². The molecule has 1 atom stereocenters. The molecule has 1 aromatic rings. The Morgan fingerprint density at radius 2 is 2.18 bits per heavy atom. The predicted octanol–water partition coefficient (Wildman–Crippen LogP) is 2.95. The lowest BCUT2D eigenvalue weighted by atomic mass is 10.0. The zero-order valence-electron chi connectivity index (χ0n) is 13.7. The summed E-state index contributed by atoms with van der Waals surface area (Å²) in [5.74, 6) is 0.913. The van der Waals surface area contributed by atoms with Gasteiger partial charge in [-0.25, -0.2) is 0 Å². The van der Waals surface area contributed by atoms with E-state index in [0.29, 0.717) is 0 Å². The molecule has 1 saturated heterocycles. The SMILES string of the molecule is CN=C(NCCc1cccs1)NCCN1CCCCC1C.I. The van der Waals surface area contributed by atoms with Gasteiger partial charge in [0.2, 0.25) is 0 Å². The van der Waals surface area contributed by atoms with Crippen LogP contribution in [0.25, 0.3) is 0 Å². The van der Waals surface area contributed by atoms with Gasteiger partial charge in [0.1, 0.15) is 0 Å². The Morgan fingerprint density at radius 3 is 2.86 bits per heavy atom. The second-order valence-electron chi connectivity index (χ2n) is 5.64. The van der Waals surface area contributed by atoms with Crippen molar-refractivity contribution in [3.05, 3.63) is 22.4 Å². The Bertz CT molecular complexity index is 422. The number of rotatable bonds is 6. The van der Waals surface area contributed by atoms with Gasteiger partial charge in [-0.2, -0.15) is 0 Å². The smallest absolute Gasteiger partial charge is 0.191 e. The standard InChI is InChI=1S/C16H28N4S.HI/c1-14-6-3-4-11-20(14)12-10-19-16(17-2)18-9-8-15-7-5-13-21-15;/h5,7,13-14H,3-4,6,8-12H2,1-2H3,(H2,17,18,19);1H. The number of aliphatic imine (C=N–C) groups is 1. The molecule has 6 heteroatoms. The lowest BCUT2D eigenvalue weighted by molar-refractivity contribution is 0.163. The van der Waals surface area contributed by atoms with Crippen molar-refractivity contribution in [1.29, 1.82) is 0 Å². The second-order valence-corrected chi connectivity index (χ2v) is 6.67. The minimum atomic E-state index is 0. The fourth-order valence-corrected chi connectivity index (χ4v) is 3.50. The van der Waals surface area contributed by atoms with Crippen molar-refractivity contribution in [2.45, 2.75) is 38.6 Å². The third-order valence-electron chi connectivity index (χ3n) is 4.10. The maximum atomic E-state index is 4.29. The number of guanidine groups is 1. The summed E-state index contributed by atoms with van der Waals surface area (Å²) in [5, 5.41) is 8.93. The van der Waals surface area contributed by atoms with Crippen LogP contribution in [-0.2, 0) is 6.42 Å². The molecule has 1 fully saturated rings. The minimum absolute atomic E-state index is 0. The third kappa shape index (κ3) is 6.83. The predicted molar refractivity (Wildman–Crippen MR) is 108 cm³/mol. The zero-order chi connectivity index (χ0) is 14.9. The fourth-order valence-electron chi connectivity index (χ4n) is 2.79. The third-order valence-corrected chi connectivity index (χ3v) is 5.04. The molecule has 1 aliphatic heterocycles. The molecule has 0 saturated carbocycles. The lowest BCUT2D eigenvalue weighted by Crippen LogP contribution is -2.45. The van der Waals surface area contributed by atoms with Gasteiger partial charge in [-0.3, -0.25) is 9.89 Å². The van der Waals surface area contributed by atoms with Crippen molar-refractivity contribution in [3.63, 3.8) is 0 Å². The molecule has 4 nitrogen and oxygen atoms in total. The van der Waals surface area contributed by atoms with E-state index in [1.54, 1.807) is 0 Å². The average Bonchev–Trinajstić information content (AvgIpc) is 3.01. The van der Waals surface area contributed by atoms with Crippen molar-refractivity contribution in [2.75, 3.05) is 33.2 Å². The van der Waals surface area contributed by atoms with E-state index in [2.05, 4.69) is 45.0 Å². The van der Waals surface area contributed by atoms with Gasteiger partial charge >= 0.3 is 0 Å². The van der Waals surface area contributed by atoms with E-state index in [4.69, 9.17) is 0 Å². The summed E-state index contributed by atoms with van der Waals surface area (Å²) in [6.07, 6.45) is 5.13. The number of halogens is 1. The maximum absolute atomic E-state index is 4.29. The summed E-state index contributed by atoms with van der Waals surface area (Å²) < 4.78 is 0. The van der Waals surface area contributed by atoms with Crippen LogP contribution in [0.3, 0.4) is 0 Å². The van der Waals surface area contributed by atoms with Gasteiger partial charge < -0.3 is 10.6 Å². The van der Waals surface area contributed by atoms with Gasteiger partial charge in [0.05, 0.1) is 0 Å². The van der Waals surface area contributed by atoms with Crippen molar-refractivity contribution >= 4 is 41.3 Å². The molecule has 1 aromatic heterocycles. The minimum Gasteiger partial charge on any atom is -0.356 e.